The second kappa shape index (κ2) is 10.4. The zero-order valence-corrected chi connectivity index (χ0v) is 29.8. The molecule has 8 bridgehead atoms. The minimum absolute atomic E-state index is 0.422. The Bertz CT molecular complexity index is 2410. The summed E-state index contributed by atoms with van der Waals surface area (Å²) >= 11 is 7.16. The van der Waals surface area contributed by atoms with Crippen molar-refractivity contribution in [1.29, 1.82) is 0 Å². The van der Waals surface area contributed by atoms with Crippen LogP contribution >= 0.6 is 20.2 Å². The van der Waals surface area contributed by atoms with Crippen molar-refractivity contribution in [1.82, 2.24) is 39.9 Å². The molecule has 0 saturated carbocycles. The van der Waals surface area contributed by atoms with Crippen LogP contribution in [-0.2, 0) is 0 Å². The minimum atomic E-state index is 0.422. The van der Waals surface area contributed by atoms with Gasteiger partial charge in [0.15, 0.2) is 23.3 Å². The number of benzene rings is 4. The van der Waals surface area contributed by atoms with Crippen molar-refractivity contribution in [3.63, 3.8) is 0 Å². The Labute approximate surface area is 267 Å². The van der Waals surface area contributed by atoms with E-state index in [1.807, 2.05) is 91.0 Å². The average molecular weight is 701 g/mol. The van der Waals surface area contributed by atoms with Crippen LogP contribution in [0.3, 0.4) is 0 Å². The van der Waals surface area contributed by atoms with E-state index in [2.05, 4.69) is 9.97 Å². The molecule has 5 heterocycles. The predicted octanol–water partition coefficient (Wildman–Crippen LogP) is 7.30. The van der Waals surface area contributed by atoms with Gasteiger partial charge in [-0.05, 0) is 6.07 Å². The van der Waals surface area contributed by atoms with Crippen molar-refractivity contribution in [3.05, 3.63) is 96.0 Å². The first-order valence-corrected chi connectivity index (χ1v) is 21.1. The van der Waals surface area contributed by atoms with Crippen LogP contribution in [0.2, 0.25) is 5.02 Å². The van der Waals surface area contributed by atoms with Crippen LogP contribution in [0.4, 0.5) is 0 Å². The summed E-state index contributed by atoms with van der Waals surface area (Å²) in [4.78, 5) is 36.6. The van der Waals surface area contributed by atoms with Gasteiger partial charge in [-0.3, -0.25) is 0 Å². The van der Waals surface area contributed by atoms with Gasteiger partial charge < -0.3 is 9.97 Å². The van der Waals surface area contributed by atoms with Crippen LogP contribution in [0.5, 0.6) is 0 Å². The summed E-state index contributed by atoms with van der Waals surface area (Å²) in [5.41, 5.74) is 6.09. The topological polar surface area (TPSA) is 109 Å². The normalized spacial score (nSPS) is 11.6. The summed E-state index contributed by atoms with van der Waals surface area (Å²) in [6.45, 7) is 0. The second-order valence-corrected chi connectivity index (χ2v) is 10.3. The zero-order chi connectivity index (χ0) is 29.1. The molecule has 2 aliphatic heterocycles. The number of halogens is 2. The van der Waals surface area contributed by atoms with Gasteiger partial charge in [0.05, 0.1) is 5.02 Å². The SMILES string of the molecule is Clc1cccc2c3nc4nc(nc5[nH]c(nc6nc(nc([nH]3)c12)-c1ccccc1-6)c1ccccc51)-c1ccccc1-4.[Cl][InH2]. The number of nitrogens with one attached hydrogen (secondary N) is 2. The Kier molecular flexibility index (Phi) is 6.40. The molecule has 0 amide bonds. The van der Waals surface area contributed by atoms with Gasteiger partial charge in [-0.2, -0.15) is 0 Å². The number of aromatic amines is 2. The molecule has 2 aliphatic rings. The molecule has 4 aromatic carbocycles. The molecule has 0 saturated heterocycles. The Morgan fingerprint density at radius 3 is 1.28 bits per heavy atom. The maximum atomic E-state index is 6.73. The van der Waals surface area contributed by atoms with E-state index in [9.17, 15) is 0 Å². The van der Waals surface area contributed by atoms with Gasteiger partial charge in [-0.1, -0.05) is 96.5 Å². The van der Waals surface area contributed by atoms with Crippen LogP contribution in [0.15, 0.2) is 91.0 Å². The van der Waals surface area contributed by atoms with Crippen LogP contribution in [0.25, 0.3) is 89.7 Å². The molecule has 0 spiro atoms. The third kappa shape index (κ3) is 4.22. The van der Waals surface area contributed by atoms with E-state index in [0.717, 1.165) is 43.8 Å². The molecule has 11 heteroatoms. The molecule has 0 unspecified atom stereocenters. The maximum absolute atomic E-state index is 6.73. The number of hydrogen-bond acceptors (Lipinski definition) is 6. The Hall–Kier alpha value is -4.31. The Morgan fingerprint density at radius 2 is 0.791 bits per heavy atom. The molecule has 7 aromatic rings. The molecule has 0 radical (unpaired) electrons. The van der Waals surface area contributed by atoms with Gasteiger partial charge in [-0.25, -0.2) is 29.9 Å². The van der Waals surface area contributed by atoms with Crippen LogP contribution in [0, 0.1) is 0 Å². The molecule has 8 nitrogen and oxygen atoms in total. The molecule has 3 aromatic heterocycles. The molecular formula is C32H19Cl2InN8. The average Bonchev–Trinajstić information content (AvgIpc) is 3.78. The third-order valence-electron chi connectivity index (χ3n) is 7.53. The van der Waals surface area contributed by atoms with Crippen LogP contribution in [-0.4, -0.2) is 63.1 Å². The fourth-order valence-electron chi connectivity index (χ4n) is 5.65. The number of fused-ring (bicyclic) bond motifs is 20. The van der Waals surface area contributed by atoms with E-state index in [0.29, 0.717) is 74.1 Å². The van der Waals surface area contributed by atoms with Gasteiger partial charge in [0.2, 0.25) is 0 Å². The van der Waals surface area contributed by atoms with Gasteiger partial charge in [-0.15, -0.1) is 0 Å². The van der Waals surface area contributed by atoms with Crippen LogP contribution in [0.1, 0.15) is 0 Å². The summed E-state index contributed by atoms with van der Waals surface area (Å²) in [6, 6.07) is 29.7. The summed E-state index contributed by atoms with van der Waals surface area (Å²) in [5, 5.41) is 4.05. The first-order valence-electron chi connectivity index (χ1n) is 13.5. The Balaban J connectivity index is 0.00000136. The molecule has 0 atom stereocenters. The Morgan fingerprint density at radius 1 is 0.419 bits per heavy atom. The molecular weight excluding hydrogens is 682 g/mol. The summed E-state index contributed by atoms with van der Waals surface area (Å²) in [7, 11) is 4.85. The van der Waals surface area contributed by atoms with Crippen molar-refractivity contribution >= 4 is 87.5 Å². The van der Waals surface area contributed by atoms with Crippen molar-refractivity contribution in [2.45, 2.75) is 0 Å². The number of rotatable bonds is 0. The quantitative estimate of drug-likeness (QED) is 0.172. The van der Waals surface area contributed by atoms with Crippen molar-refractivity contribution in [3.8, 4) is 45.6 Å². The second-order valence-electron chi connectivity index (χ2n) is 9.91. The fourth-order valence-corrected chi connectivity index (χ4v) is 5.91. The summed E-state index contributed by atoms with van der Waals surface area (Å²) < 4.78 is 0. The number of nitrogens with zero attached hydrogens (tertiary/aromatic N) is 6. The van der Waals surface area contributed by atoms with E-state index in [4.69, 9.17) is 50.1 Å². The molecule has 9 rings (SSSR count). The van der Waals surface area contributed by atoms with Gasteiger partial charge >= 0.3 is 31.8 Å². The van der Waals surface area contributed by atoms with Gasteiger partial charge in [0.25, 0.3) is 0 Å². The first-order chi connectivity index (χ1) is 21.2. The monoisotopic (exact) mass is 700 g/mol. The fraction of sp³-hybridized carbons (Fsp3) is 0. The molecule has 2 N–H and O–H groups in total. The molecule has 204 valence electrons. The van der Waals surface area contributed by atoms with E-state index in [-0.39, 0.29) is 0 Å². The first kappa shape index (κ1) is 26.3. The van der Waals surface area contributed by atoms with E-state index in [1.54, 1.807) is 0 Å². The number of aromatic nitrogens is 8. The van der Waals surface area contributed by atoms with Crippen LogP contribution < -0.4 is 0 Å². The van der Waals surface area contributed by atoms with E-state index >= 15 is 0 Å². The van der Waals surface area contributed by atoms with Crippen molar-refractivity contribution in [2.24, 2.45) is 0 Å². The van der Waals surface area contributed by atoms with Gasteiger partial charge in [0.1, 0.15) is 22.6 Å². The van der Waals surface area contributed by atoms with Crippen molar-refractivity contribution in [2.75, 3.05) is 0 Å². The van der Waals surface area contributed by atoms with E-state index < -0.39 is 0 Å². The molecule has 0 fully saturated rings. The van der Waals surface area contributed by atoms with E-state index in [1.165, 1.54) is 0 Å². The van der Waals surface area contributed by atoms with Crippen molar-refractivity contribution < 1.29 is 0 Å². The molecule has 0 aliphatic carbocycles. The zero-order valence-electron chi connectivity index (χ0n) is 22.6. The molecule has 43 heavy (non-hydrogen) atoms. The van der Waals surface area contributed by atoms with Gasteiger partial charge in [0, 0.05) is 43.8 Å². The summed E-state index contributed by atoms with van der Waals surface area (Å²) in [5.74, 6) is 2.24. The standard InChI is InChI=1S/C32H17ClN8.ClH.In.2H/c33-23-15-7-14-22-24(23)32-40-30-21-13-6-5-12-20(21)28(38-30)36-26-17-9-2-1-8-16(17)25(34-26)35-27-18-10-3-4-11-19(18)29(37-27)39-31(22)41-32;;;;/h1-15H,(H2,34,35,36,37,38,39,40,41);1H;;;/q;;+1;;/p-1. The predicted molar refractivity (Wildman–Crippen MR) is 175 cm³/mol. The number of hydrogen-bond donors (Lipinski definition) is 2. The number of H-pyrrole nitrogens is 2. The third-order valence-corrected chi connectivity index (χ3v) is 7.84. The summed E-state index contributed by atoms with van der Waals surface area (Å²) in [6.07, 6.45) is 0.